The quantitative estimate of drug-likeness (QED) is 0.612. The van der Waals surface area contributed by atoms with Crippen molar-refractivity contribution >= 4 is 11.8 Å². The molecule has 2 amide bonds. The molecule has 2 aliphatic heterocycles. The molecular formula is C18H19F2N3O2. The molecule has 0 aliphatic carbocycles. The number of nitrogens with one attached hydrogen (secondary N) is 2. The van der Waals surface area contributed by atoms with Crippen molar-refractivity contribution in [2.75, 3.05) is 32.7 Å². The third-order valence-electron chi connectivity index (χ3n) is 4.41. The van der Waals surface area contributed by atoms with Crippen LogP contribution in [-0.4, -0.2) is 49.4 Å². The van der Waals surface area contributed by atoms with Gasteiger partial charge in [0.15, 0.2) is 0 Å². The third kappa shape index (κ3) is 4.21. The van der Waals surface area contributed by atoms with Crippen molar-refractivity contribution in [3.05, 3.63) is 34.9 Å². The first-order valence-corrected chi connectivity index (χ1v) is 8.29. The molecule has 2 aliphatic rings. The lowest BCUT2D eigenvalue weighted by Gasteiger charge is -2.24. The first kappa shape index (κ1) is 17.5. The van der Waals surface area contributed by atoms with E-state index in [1.54, 1.807) is 0 Å². The summed E-state index contributed by atoms with van der Waals surface area (Å²) < 4.78 is 28.7. The molecule has 7 heteroatoms. The van der Waals surface area contributed by atoms with Crippen molar-refractivity contribution in [1.82, 2.24) is 15.5 Å². The number of hydrogen-bond donors (Lipinski definition) is 2. The molecule has 1 aromatic carbocycles. The van der Waals surface area contributed by atoms with Crippen LogP contribution in [-0.2, 0) is 9.59 Å². The minimum Gasteiger partial charge on any atom is -0.314 e. The Morgan fingerprint density at radius 2 is 1.84 bits per heavy atom. The monoisotopic (exact) mass is 347 g/mol. The maximum Gasteiger partial charge on any atom is 0.234 e. The van der Waals surface area contributed by atoms with Crippen LogP contribution in [0.3, 0.4) is 0 Å². The number of carbonyl (C=O) groups excluding carboxylic acids is 2. The van der Waals surface area contributed by atoms with E-state index in [0.717, 1.165) is 38.3 Å². The molecule has 0 radical (unpaired) electrons. The number of halogens is 2. The van der Waals surface area contributed by atoms with E-state index in [2.05, 4.69) is 27.4 Å². The fourth-order valence-electron chi connectivity index (χ4n) is 3.08. The van der Waals surface area contributed by atoms with Crippen molar-refractivity contribution in [2.45, 2.75) is 18.8 Å². The van der Waals surface area contributed by atoms with E-state index in [0.29, 0.717) is 6.54 Å². The van der Waals surface area contributed by atoms with E-state index in [1.165, 1.54) is 0 Å². The van der Waals surface area contributed by atoms with E-state index in [-0.39, 0.29) is 24.0 Å². The Morgan fingerprint density at radius 1 is 1.16 bits per heavy atom. The summed E-state index contributed by atoms with van der Waals surface area (Å²) in [6.07, 6.45) is 0.175. The Bertz CT molecular complexity index is 725. The maximum atomic E-state index is 14.4. The van der Waals surface area contributed by atoms with Crippen LogP contribution in [0, 0.1) is 23.5 Å². The molecule has 3 rings (SSSR count). The summed E-state index contributed by atoms with van der Waals surface area (Å²) in [6.45, 7) is 4.15. The highest BCUT2D eigenvalue weighted by atomic mass is 19.1. The fourth-order valence-corrected chi connectivity index (χ4v) is 3.08. The highest BCUT2D eigenvalue weighted by Crippen LogP contribution is 2.29. The third-order valence-corrected chi connectivity index (χ3v) is 4.41. The van der Waals surface area contributed by atoms with Crippen LogP contribution in [0.15, 0.2) is 12.1 Å². The van der Waals surface area contributed by atoms with Gasteiger partial charge < -0.3 is 5.32 Å². The molecule has 25 heavy (non-hydrogen) atoms. The van der Waals surface area contributed by atoms with Crippen LogP contribution in [0.25, 0.3) is 0 Å². The van der Waals surface area contributed by atoms with Gasteiger partial charge in [0, 0.05) is 43.7 Å². The number of amides is 2. The first-order chi connectivity index (χ1) is 12.0. The van der Waals surface area contributed by atoms with E-state index in [1.807, 2.05) is 0 Å². The molecule has 132 valence electrons. The Kier molecular flexibility index (Phi) is 5.41. The SMILES string of the molecule is O=C1CCC(c2c(F)cc(C#CCN3CCNCC3)cc2F)C(=O)N1. The number of hydrogen-bond acceptors (Lipinski definition) is 4. The lowest BCUT2D eigenvalue weighted by Crippen LogP contribution is -2.43. The molecule has 0 bridgehead atoms. The lowest BCUT2D eigenvalue weighted by molar-refractivity contribution is -0.134. The van der Waals surface area contributed by atoms with E-state index in [9.17, 15) is 18.4 Å². The summed E-state index contributed by atoms with van der Waals surface area (Å²) >= 11 is 0. The molecule has 0 spiro atoms. The molecule has 2 N–H and O–H groups in total. The van der Waals surface area contributed by atoms with Gasteiger partial charge in [0.1, 0.15) is 11.6 Å². The zero-order chi connectivity index (χ0) is 17.8. The lowest BCUT2D eigenvalue weighted by atomic mass is 9.89. The second-order valence-electron chi connectivity index (χ2n) is 6.19. The Hall–Kier alpha value is -2.30. The second kappa shape index (κ2) is 7.72. The Morgan fingerprint density at radius 3 is 2.48 bits per heavy atom. The van der Waals surface area contributed by atoms with Gasteiger partial charge in [-0.05, 0) is 18.6 Å². The second-order valence-corrected chi connectivity index (χ2v) is 6.19. The predicted molar refractivity (Wildman–Crippen MR) is 87.7 cm³/mol. The van der Waals surface area contributed by atoms with Gasteiger partial charge in [0.25, 0.3) is 0 Å². The van der Waals surface area contributed by atoms with Gasteiger partial charge in [-0.15, -0.1) is 0 Å². The van der Waals surface area contributed by atoms with Gasteiger partial charge in [0.2, 0.25) is 11.8 Å². The molecular weight excluding hydrogens is 328 g/mol. The fraction of sp³-hybridized carbons (Fsp3) is 0.444. The largest absolute Gasteiger partial charge is 0.314 e. The number of piperazine rings is 1. The molecule has 1 aromatic rings. The average Bonchev–Trinajstić information content (AvgIpc) is 2.57. The average molecular weight is 347 g/mol. The van der Waals surface area contributed by atoms with E-state index >= 15 is 0 Å². The van der Waals surface area contributed by atoms with Crippen LogP contribution in [0.4, 0.5) is 8.78 Å². The number of piperidine rings is 1. The van der Waals surface area contributed by atoms with E-state index in [4.69, 9.17) is 0 Å². The maximum absolute atomic E-state index is 14.4. The Balaban J connectivity index is 1.74. The summed E-state index contributed by atoms with van der Waals surface area (Å²) in [5.41, 5.74) is -0.0566. The number of rotatable bonds is 2. The van der Waals surface area contributed by atoms with E-state index < -0.39 is 29.4 Å². The zero-order valence-electron chi connectivity index (χ0n) is 13.7. The van der Waals surface area contributed by atoms with Crippen molar-refractivity contribution < 1.29 is 18.4 Å². The van der Waals surface area contributed by atoms with Crippen LogP contribution in [0.2, 0.25) is 0 Å². The summed E-state index contributed by atoms with van der Waals surface area (Å²) in [5, 5.41) is 5.36. The van der Waals surface area contributed by atoms with Gasteiger partial charge in [-0.1, -0.05) is 11.8 Å². The number of benzene rings is 1. The first-order valence-electron chi connectivity index (χ1n) is 8.29. The van der Waals surface area contributed by atoms with Crippen molar-refractivity contribution in [2.24, 2.45) is 0 Å². The highest BCUT2D eigenvalue weighted by Gasteiger charge is 2.32. The molecule has 2 saturated heterocycles. The van der Waals surface area contributed by atoms with Gasteiger partial charge in [-0.25, -0.2) is 8.78 Å². The van der Waals surface area contributed by atoms with Crippen LogP contribution in [0.1, 0.15) is 29.9 Å². The number of imide groups is 1. The molecule has 0 saturated carbocycles. The highest BCUT2D eigenvalue weighted by molar-refractivity contribution is 6.01. The van der Waals surface area contributed by atoms with Gasteiger partial charge in [-0.3, -0.25) is 19.8 Å². The minimum absolute atomic E-state index is 0.0710. The molecule has 1 unspecified atom stereocenters. The van der Waals surface area contributed by atoms with Gasteiger partial charge >= 0.3 is 0 Å². The Labute approximate surface area is 144 Å². The molecule has 2 heterocycles. The van der Waals surface area contributed by atoms with Gasteiger partial charge in [-0.2, -0.15) is 0 Å². The molecule has 2 fully saturated rings. The van der Waals surface area contributed by atoms with Crippen LogP contribution in [0.5, 0.6) is 0 Å². The van der Waals surface area contributed by atoms with Crippen molar-refractivity contribution in [3.8, 4) is 11.8 Å². The smallest absolute Gasteiger partial charge is 0.234 e. The topological polar surface area (TPSA) is 61.4 Å². The normalized spacial score (nSPS) is 21.4. The molecule has 5 nitrogen and oxygen atoms in total. The number of carbonyl (C=O) groups is 2. The zero-order valence-corrected chi connectivity index (χ0v) is 13.7. The predicted octanol–water partition coefficient (Wildman–Crippen LogP) is 0.742. The standard InChI is InChI=1S/C18H19F2N3O2/c19-14-10-12(2-1-7-23-8-5-21-6-9-23)11-15(20)17(14)13-3-4-16(24)22-18(13)25/h10-11,13,21H,3-9H2,(H,22,24,25). The molecule has 0 aromatic heterocycles. The van der Waals surface area contributed by atoms with Crippen molar-refractivity contribution in [3.63, 3.8) is 0 Å². The summed E-state index contributed by atoms with van der Waals surface area (Å²) in [7, 11) is 0. The minimum atomic E-state index is -0.986. The van der Waals surface area contributed by atoms with Crippen LogP contribution >= 0.6 is 0 Å². The molecule has 1 atom stereocenters. The van der Waals surface area contributed by atoms with Gasteiger partial charge in [0.05, 0.1) is 12.5 Å². The number of nitrogens with zero attached hydrogens (tertiary/aromatic N) is 1. The summed E-state index contributed by atoms with van der Waals surface area (Å²) in [6, 6.07) is 2.29. The van der Waals surface area contributed by atoms with Crippen molar-refractivity contribution in [1.29, 1.82) is 0 Å². The summed E-state index contributed by atoms with van der Waals surface area (Å²) in [4.78, 5) is 25.2. The van der Waals surface area contributed by atoms with Crippen LogP contribution < -0.4 is 10.6 Å². The summed E-state index contributed by atoms with van der Waals surface area (Å²) in [5.74, 6) is 2.03.